The Hall–Kier alpha value is -1.22. The first-order valence-corrected chi connectivity index (χ1v) is 5.33. The molecular weight excluding hydrogens is 207 g/mol. The number of ketones is 1. The topological polar surface area (TPSA) is 26.3 Å². The fourth-order valence-corrected chi connectivity index (χ4v) is 1.56. The van der Waals surface area contributed by atoms with Crippen LogP contribution >= 0.6 is 0 Å². The largest absolute Gasteiger partial charge is 0.368 e. The lowest BCUT2D eigenvalue weighted by Crippen LogP contribution is -2.35. The molecule has 1 aromatic rings. The lowest BCUT2D eigenvalue weighted by atomic mass is 9.95. The van der Waals surface area contributed by atoms with Gasteiger partial charge in [-0.2, -0.15) is 0 Å². The van der Waals surface area contributed by atoms with Gasteiger partial charge in [-0.05, 0) is 51.5 Å². The van der Waals surface area contributed by atoms with Gasteiger partial charge in [0.1, 0.15) is 11.4 Å². The molecule has 0 saturated heterocycles. The molecule has 0 fully saturated rings. The van der Waals surface area contributed by atoms with Gasteiger partial charge in [0.05, 0.1) is 0 Å². The van der Waals surface area contributed by atoms with Crippen molar-refractivity contribution in [2.24, 2.45) is 0 Å². The number of ether oxygens (including phenoxy) is 1. The van der Waals surface area contributed by atoms with E-state index >= 15 is 0 Å². The van der Waals surface area contributed by atoms with Crippen LogP contribution in [0.2, 0.25) is 0 Å². The zero-order valence-electron chi connectivity index (χ0n) is 10.1. The number of aryl methyl sites for hydroxylation is 1. The first kappa shape index (κ1) is 12.8. The minimum Gasteiger partial charge on any atom is -0.368 e. The minimum absolute atomic E-state index is 0.127. The Morgan fingerprint density at radius 3 is 2.56 bits per heavy atom. The molecule has 2 nitrogen and oxygen atoms in total. The van der Waals surface area contributed by atoms with Crippen LogP contribution in [0.25, 0.3) is 0 Å². The summed E-state index contributed by atoms with van der Waals surface area (Å²) in [4.78, 5) is 12.1. The normalized spacial score (nSPS) is 11.6. The molecule has 0 bridgehead atoms. The van der Waals surface area contributed by atoms with Crippen molar-refractivity contribution >= 4 is 5.78 Å². The molecule has 0 aromatic heterocycles. The Labute approximate surface area is 95.4 Å². The van der Waals surface area contributed by atoms with E-state index in [2.05, 4.69) is 0 Å². The zero-order valence-corrected chi connectivity index (χ0v) is 10.1. The predicted molar refractivity (Wildman–Crippen MR) is 61.2 cm³/mol. The fourth-order valence-electron chi connectivity index (χ4n) is 1.56. The molecule has 0 aliphatic carbocycles. The molecule has 0 N–H and O–H groups in total. The van der Waals surface area contributed by atoms with E-state index in [0.717, 1.165) is 0 Å². The highest BCUT2D eigenvalue weighted by Crippen LogP contribution is 2.19. The number of hydrogen-bond acceptors (Lipinski definition) is 2. The first-order chi connectivity index (χ1) is 7.38. The maximum atomic E-state index is 13.1. The Morgan fingerprint density at radius 2 is 2.06 bits per heavy atom. The summed E-state index contributed by atoms with van der Waals surface area (Å²) in [5, 5.41) is 0. The first-order valence-electron chi connectivity index (χ1n) is 5.33. The number of hydrogen-bond donors (Lipinski definition) is 0. The second-order valence-corrected chi connectivity index (χ2v) is 4.24. The van der Waals surface area contributed by atoms with Crippen LogP contribution in [-0.4, -0.2) is 18.0 Å². The van der Waals surface area contributed by atoms with E-state index in [1.165, 1.54) is 12.1 Å². The Bertz CT molecular complexity index is 397. The molecule has 3 heteroatoms. The van der Waals surface area contributed by atoms with Gasteiger partial charge in [0.25, 0.3) is 0 Å². The van der Waals surface area contributed by atoms with E-state index in [1.807, 2.05) is 6.92 Å². The molecule has 0 atom stereocenters. The van der Waals surface area contributed by atoms with Gasteiger partial charge in [0, 0.05) is 12.2 Å². The van der Waals surface area contributed by atoms with Crippen molar-refractivity contribution in [3.63, 3.8) is 0 Å². The van der Waals surface area contributed by atoms with Crippen molar-refractivity contribution in [2.75, 3.05) is 6.61 Å². The molecule has 1 aromatic carbocycles. The average molecular weight is 224 g/mol. The van der Waals surface area contributed by atoms with Crippen molar-refractivity contribution in [3.8, 4) is 0 Å². The summed E-state index contributed by atoms with van der Waals surface area (Å²) in [6, 6.07) is 4.36. The molecule has 1 rings (SSSR count). The third kappa shape index (κ3) is 2.67. The molecule has 0 aliphatic heterocycles. The van der Waals surface area contributed by atoms with Gasteiger partial charge in [0.2, 0.25) is 0 Å². The summed E-state index contributed by atoms with van der Waals surface area (Å²) in [6.45, 7) is 7.39. The van der Waals surface area contributed by atoms with Crippen molar-refractivity contribution < 1.29 is 13.9 Å². The molecular formula is C13H17FO2. The summed E-state index contributed by atoms with van der Waals surface area (Å²) in [5.74, 6) is -0.428. The van der Waals surface area contributed by atoms with Crippen molar-refractivity contribution in [1.82, 2.24) is 0 Å². The lowest BCUT2D eigenvalue weighted by Gasteiger charge is -2.23. The van der Waals surface area contributed by atoms with Gasteiger partial charge >= 0.3 is 0 Å². The quantitative estimate of drug-likeness (QED) is 0.734. The van der Waals surface area contributed by atoms with Gasteiger partial charge < -0.3 is 4.74 Å². The SMILES string of the molecule is CCOC(C)(C)C(=O)c1ccc(F)c(C)c1. The van der Waals surface area contributed by atoms with E-state index in [0.29, 0.717) is 17.7 Å². The third-order valence-corrected chi connectivity index (χ3v) is 2.47. The molecule has 88 valence electrons. The summed E-state index contributed by atoms with van der Waals surface area (Å²) < 4.78 is 18.4. The molecule has 0 unspecified atom stereocenters. The Kier molecular flexibility index (Phi) is 3.81. The second kappa shape index (κ2) is 4.74. The minimum atomic E-state index is -0.862. The van der Waals surface area contributed by atoms with Gasteiger partial charge in [-0.15, -0.1) is 0 Å². The highest BCUT2D eigenvalue weighted by atomic mass is 19.1. The van der Waals surface area contributed by atoms with Crippen LogP contribution in [-0.2, 0) is 4.74 Å². The molecule has 16 heavy (non-hydrogen) atoms. The van der Waals surface area contributed by atoms with E-state index in [4.69, 9.17) is 4.74 Å². The third-order valence-electron chi connectivity index (χ3n) is 2.47. The smallest absolute Gasteiger partial charge is 0.194 e. The lowest BCUT2D eigenvalue weighted by molar-refractivity contribution is 0.00125. The van der Waals surface area contributed by atoms with Gasteiger partial charge in [-0.3, -0.25) is 4.79 Å². The predicted octanol–water partition coefficient (Wildman–Crippen LogP) is 3.13. The highest BCUT2D eigenvalue weighted by molar-refractivity contribution is 6.02. The number of carbonyl (C=O) groups is 1. The van der Waals surface area contributed by atoms with Crippen LogP contribution in [0.4, 0.5) is 4.39 Å². The summed E-state index contributed by atoms with van der Waals surface area (Å²) in [6.07, 6.45) is 0. The molecule has 0 radical (unpaired) electrons. The molecule has 0 spiro atoms. The van der Waals surface area contributed by atoms with Crippen molar-refractivity contribution in [2.45, 2.75) is 33.3 Å². The number of rotatable bonds is 4. The second-order valence-electron chi connectivity index (χ2n) is 4.24. The number of benzene rings is 1. The maximum Gasteiger partial charge on any atom is 0.194 e. The fraction of sp³-hybridized carbons (Fsp3) is 0.462. The number of halogens is 1. The van der Waals surface area contributed by atoms with Crippen molar-refractivity contribution in [3.05, 3.63) is 35.1 Å². The van der Waals surface area contributed by atoms with Crippen molar-refractivity contribution in [1.29, 1.82) is 0 Å². The van der Waals surface area contributed by atoms with Crippen LogP contribution in [0.1, 0.15) is 36.7 Å². The average Bonchev–Trinajstić information content (AvgIpc) is 2.21. The Balaban J connectivity index is 3.01. The summed E-state index contributed by atoms with van der Waals surface area (Å²) >= 11 is 0. The van der Waals surface area contributed by atoms with Crippen LogP contribution in [0, 0.1) is 12.7 Å². The summed E-state index contributed by atoms with van der Waals surface area (Å²) in [7, 11) is 0. The molecule has 0 saturated carbocycles. The Morgan fingerprint density at radius 1 is 1.44 bits per heavy atom. The summed E-state index contributed by atoms with van der Waals surface area (Å²) in [5.41, 5.74) is 0.0921. The molecule has 0 heterocycles. The van der Waals surface area contributed by atoms with E-state index < -0.39 is 5.60 Å². The molecule has 0 aliphatic rings. The number of Topliss-reactive ketones (excluding diaryl/α,β-unsaturated/α-hetero) is 1. The van der Waals surface area contributed by atoms with E-state index in [1.54, 1.807) is 26.8 Å². The number of carbonyl (C=O) groups excluding carboxylic acids is 1. The zero-order chi connectivity index (χ0) is 12.3. The van der Waals surface area contributed by atoms with Gasteiger partial charge in [0.15, 0.2) is 5.78 Å². The van der Waals surface area contributed by atoms with Crippen LogP contribution < -0.4 is 0 Å². The molecule has 0 amide bonds. The monoisotopic (exact) mass is 224 g/mol. The standard InChI is InChI=1S/C13H17FO2/c1-5-16-13(3,4)12(15)10-6-7-11(14)9(2)8-10/h6-8H,5H2,1-4H3. The van der Waals surface area contributed by atoms with Crippen LogP contribution in [0.15, 0.2) is 18.2 Å². The van der Waals surface area contributed by atoms with Crippen LogP contribution in [0.5, 0.6) is 0 Å². The highest BCUT2D eigenvalue weighted by Gasteiger charge is 2.29. The van der Waals surface area contributed by atoms with Gasteiger partial charge in [-0.1, -0.05) is 0 Å². The maximum absolute atomic E-state index is 13.1. The van der Waals surface area contributed by atoms with Gasteiger partial charge in [-0.25, -0.2) is 4.39 Å². The van der Waals surface area contributed by atoms with Crippen LogP contribution in [0.3, 0.4) is 0 Å². The van der Waals surface area contributed by atoms with E-state index in [9.17, 15) is 9.18 Å². The van der Waals surface area contributed by atoms with E-state index in [-0.39, 0.29) is 11.6 Å².